The Morgan fingerprint density at radius 2 is 1.83 bits per heavy atom. The van der Waals surface area contributed by atoms with Crippen molar-refractivity contribution in [2.24, 2.45) is 0 Å². The van der Waals surface area contributed by atoms with Crippen LogP contribution in [0.2, 0.25) is 0 Å². The van der Waals surface area contributed by atoms with Gasteiger partial charge in [0, 0.05) is 28.9 Å². The Bertz CT molecular complexity index is 1040. The average Bonchev–Trinajstić information content (AvgIpc) is 3.26. The second kappa shape index (κ2) is 8.89. The molecule has 0 saturated carbocycles. The second-order valence-corrected chi connectivity index (χ2v) is 7.16. The van der Waals surface area contributed by atoms with Crippen LogP contribution in [0.3, 0.4) is 0 Å². The topological polar surface area (TPSA) is 99.0 Å². The van der Waals surface area contributed by atoms with Crippen molar-refractivity contribution >= 4 is 17.3 Å². The van der Waals surface area contributed by atoms with Gasteiger partial charge in [-0.2, -0.15) is 0 Å². The normalized spacial score (nSPS) is 14.4. The molecule has 0 atom stereocenters. The van der Waals surface area contributed by atoms with Crippen molar-refractivity contribution in [2.75, 3.05) is 31.6 Å². The van der Waals surface area contributed by atoms with E-state index in [-0.39, 0.29) is 17.4 Å². The molecule has 0 aliphatic carbocycles. The number of hydrogen-bond donors (Lipinski definition) is 2. The lowest BCUT2D eigenvalue weighted by Gasteiger charge is -2.23. The average molecular weight is 408 g/mol. The summed E-state index contributed by atoms with van der Waals surface area (Å²) in [6.07, 6.45) is 0. The van der Waals surface area contributed by atoms with Crippen molar-refractivity contribution in [2.45, 2.75) is 6.54 Å². The first-order valence-corrected chi connectivity index (χ1v) is 9.75. The Labute approximate surface area is 173 Å². The van der Waals surface area contributed by atoms with Crippen molar-refractivity contribution in [3.8, 4) is 11.3 Å². The predicted molar refractivity (Wildman–Crippen MR) is 110 cm³/mol. The summed E-state index contributed by atoms with van der Waals surface area (Å²) < 4.78 is 11.0. The summed E-state index contributed by atoms with van der Waals surface area (Å²) in [4.78, 5) is 24.5. The maximum absolute atomic E-state index is 12.5. The number of nitrogens with one attached hydrogen (secondary N) is 2. The second-order valence-electron chi connectivity index (χ2n) is 7.16. The van der Waals surface area contributed by atoms with E-state index in [0.717, 1.165) is 32.8 Å². The molecule has 4 rings (SSSR count). The van der Waals surface area contributed by atoms with Crippen LogP contribution in [0.4, 0.5) is 11.4 Å². The van der Waals surface area contributed by atoms with Gasteiger partial charge < -0.3 is 19.4 Å². The summed E-state index contributed by atoms with van der Waals surface area (Å²) in [6, 6.07) is 17.0. The first kappa shape index (κ1) is 19.8. The lowest BCUT2D eigenvalue weighted by atomic mass is 10.1. The monoisotopic (exact) mass is 408 g/mol. The Hall–Kier alpha value is -3.49. The molecule has 0 bridgehead atoms. The van der Waals surface area contributed by atoms with Crippen LogP contribution in [0.5, 0.6) is 0 Å². The van der Waals surface area contributed by atoms with Crippen LogP contribution in [-0.2, 0) is 11.3 Å². The molecule has 1 saturated heterocycles. The minimum absolute atomic E-state index is 0.0334. The highest BCUT2D eigenvalue weighted by Crippen LogP contribution is 2.26. The van der Waals surface area contributed by atoms with E-state index in [1.165, 1.54) is 22.6 Å². The van der Waals surface area contributed by atoms with Crippen molar-refractivity contribution < 1.29 is 23.8 Å². The van der Waals surface area contributed by atoms with Crippen LogP contribution in [-0.4, -0.2) is 37.1 Å². The molecule has 0 radical (unpaired) electrons. The number of non-ortho nitro benzene ring substituents is 1. The van der Waals surface area contributed by atoms with Gasteiger partial charge in [-0.3, -0.25) is 14.9 Å². The fourth-order valence-electron chi connectivity index (χ4n) is 3.41. The molecule has 2 heterocycles. The molecule has 1 aliphatic heterocycles. The number of nitro groups is 1. The minimum atomic E-state index is -0.468. The molecule has 3 aromatic rings. The Morgan fingerprint density at radius 3 is 2.57 bits per heavy atom. The number of rotatable bonds is 6. The highest BCUT2D eigenvalue weighted by Gasteiger charge is 2.16. The molecule has 30 heavy (non-hydrogen) atoms. The van der Waals surface area contributed by atoms with E-state index < -0.39 is 4.92 Å². The van der Waals surface area contributed by atoms with Gasteiger partial charge >= 0.3 is 0 Å². The number of benzene rings is 2. The molecule has 1 aliphatic rings. The summed E-state index contributed by atoms with van der Waals surface area (Å²) in [5, 5.41) is 13.8. The lowest BCUT2D eigenvalue weighted by Crippen LogP contribution is -3.12. The molecule has 8 heteroatoms. The van der Waals surface area contributed by atoms with E-state index in [2.05, 4.69) is 5.32 Å². The van der Waals surface area contributed by atoms with Crippen LogP contribution >= 0.6 is 0 Å². The molecule has 0 spiro atoms. The van der Waals surface area contributed by atoms with Gasteiger partial charge in [0.15, 0.2) is 5.76 Å². The van der Waals surface area contributed by atoms with Crippen LogP contribution in [0.15, 0.2) is 65.1 Å². The van der Waals surface area contributed by atoms with Crippen molar-refractivity contribution in [1.82, 2.24) is 0 Å². The molecule has 2 aromatic carbocycles. The van der Waals surface area contributed by atoms with Crippen molar-refractivity contribution in [3.05, 3.63) is 82.1 Å². The van der Waals surface area contributed by atoms with Crippen LogP contribution in [0.1, 0.15) is 16.1 Å². The Morgan fingerprint density at radius 1 is 1.07 bits per heavy atom. The zero-order valence-electron chi connectivity index (χ0n) is 16.3. The highest BCUT2D eigenvalue weighted by atomic mass is 16.6. The first-order valence-electron chi connectivity index (χ1n) is 9.75. The Kier molecular flexibility index (Phi) is 5.87. The largest absolute Gasteiger partial charge is 0.451 e. The molecule has 1 aromatic heterocycles. The number of anilines is 1. The predicted octanol–water partition coefficient (Wildman–Crippen LogP) is 2.52. The number of ether oxygens (including phenoxy) is 1. The number of hydrogen-bond acceptors (Lipinski definition) is 5. The molecule has 1 fully saturated rings. The number of carbonyl (C=O) groups is 1. The summed E-state index contributed by atoms with van der Waals surface area (Å²) in [5.74, 6) is 0.157. The maximum Gasteiger partial charge on any atom is 0.291 e. The van der Waals surface area contributed by atoms with E-state index >= 15 is 0 Å². The van der Waals surface area contributed by atoms with E-state index in [1.807, 2.05) is 24.3 Å². The van der Waals surface area contributed by atoms with Crippen LogP contribution < -0.4 is 10.2 Å². The van der Waals surface area contributed by atoms with Gasteiger partial charge in [0.25, 0.3) is 11.6 Å². The third kappa shape index (κ3) is 4.73. The van der Waals surface area contributed by atoms with Gasteiger partial charge in [-0.1, -0.05) is 24.3 Å². The zero-order valence-corrected chi connectivity index (χ0v) is 16.3. The fourth-order valence-corrected chi connectivity index (χ4v) is 3.41. The van der Waals surface area contributed by atoms with E-state index in [9.17, 15) is 14.9 Å². The SMILES string of the molecule is O=C(Nc1ccc(C[NH+]2CCOCC2)cc1)c1ccc(-c2cccc([N+](=O)[O-])c2)o1. The summed E-state index contributed by atoms with van der Waals surface area (Å²) >= 11 is 0. The molecule has 154 valence electrons. The molecular formula is C22H22N3O5+. The number of morpholine rings is 1. The van der Waals surface area contributed by atoms with E-state index in [4.69, 9.17) is 9.15 Å². The number of quaternary nitrogens is 1. The summed E-state index contributed by atoms with van der Waals surface area (Å²) in [7, 11) is 0. The van der Waals surface area contributed by atoms with Gasteiger partial charge in [-0.05, 0) is 24.3 Å². The molecular weight excluding hydrogens is 386 g/mol. The number of nitro benzene ring substituents is 1. The number of furan rings is 1. The van der Waals surface area contributed by atoms with Gasteiger partial charge in [0.05, 0.1) is 18.1 Å². The minimum Gasteiger partial charge on any atom is -0.451 e. The van der Waals surface area contributed by atoms with Crippen molar-refractivity contribution in [1.29, 1.82) is 0 Å². The zero-order chi connectivity index (χ0) is 20.9. The lowest BCUT2D eigenvalue weighted by molar-refractivity contribution is -0.921. The van der Waals surface area contributed by atoms with Crippen LogP contribution in [0.25, 0.3) is 11.3 Å². The van der Waals surface area contributed by atoms with Gasteiger partial charge in [-0.25, -0.2) is 0 Å². The molecule has 1 amide bonds. The van der Waals surface area contributed by atoms with E-state index in [0.29, 0.717) is 17.0 Å². The number of amides is 1. The van der Waals surface area contributed by atoms with Gasteiger partial charge in [0.2, 0.25) is 0 Å². The smallest absolute Gasteiger partial charge is 0.291 e. The van der Waals surface area contributed by atoms with Crippen molar-refractivity contribution in [3.63, 3.8) is 0 Å². The van der Waals surface area contributed by atoms with E-state index in [1.54, 1.807) is 24.3 Å². The molecule has 8 nitrogen and oxygen atoms in total. The van der Waals surface area contributed by atoms with Crippen LogP contribution in [0, 0.1) is 10.1 Å². The standard InChI is InChI=1S/C22H21N3O5/c26-22(21-9-8-20(30-21)17-2-1-3-19(14-17)25(27)28)23-18-6-4-16(5-7-18)15-24-10-12-29-13-11-24/h1-9,14H,10-13,15H2,(H,23,26)/p+1. The molecule has 0 unspecified atom stereocenters. The number of carbonyl (C=O) groups excluding carboxylic acids is 1. The first-order chi connectivity index (χ1) is 14.6. The summed E-state index contributed by atoms with van der Waals surface area (Å²) in [6.45, 7) is 4.53. The fraction of sp³-hybridized carbons (Fsp3) is 0.227. The Balaban J connectivity index is 1.39. The summed E-state index contributed by atoms with van der Waals surface area (Å²) in [5.41, 5.74) is 2.39. The quantitative estimate of drug-likeness (QED) is 0.482. The molecule has 2 N–H and O–H groups in total. The van der Waals surface area contributed by atoms with Gasteiger partial charge in [-0.15, -0.1) is 0 Å². The maximum atomic E-state index is 12.5. The highest BCUT2D eigenvalue weighted by molar-refractivity contribution is 6.02. The number of nitrogens with zero attached hydrogens (tertiary/aromatic N) is 1. The van der Waals surface area contributed by atoms with Gasteiger partial charge in [0.1, 0.15) is 25.4 Å². The third-order valence-electron chi connectivity index (χ3n) is 5.04. The third-order valence-corrected chi connectivity index (χ3v) is 5.04.